The topological polar surface area (TPSA) is 112 Å². The highest BCUT2D eigenvalue weighted by Crippen LogP contribution is 2.30. The number of amides is 2. The van der Waals surface area contributed by atoms with Gasteiger partial charge in [-0.15, -0.1) is 0 Å². The van der Waals surface area contributed by atoms with Crippen molar-refractivity contribution in [2.75, 3.05) is 39.8 Å². The Balaban J connectivity index is 1.93. The lowest BCUT2D eigenvalue weighted by Gasteiger charge is -2.17. The molecule has 2 rings (SSSR count). The predicted molar refractivity (Wildman–Crippen MR) is 132 cm³/mol. The fourth-order valence-corrected chi connectivity index (χ4v) is 3.51. The molecule has 0 unspecified atom stereocenters. The van der Waals surface area contributed by atoms with E-state index in [1.54, 1.807) is 39.5 Å². The number of anilines is 1. The second kappa shape index (κ2) is 15.3. The van der Waals surface area contributed by atoms with E-state index in [2.05, 4.69) is 10.6 Å². The third kappa shape index (κ3) is 9.66. The third-order valence-electron chi connectivity index (χ3n) is 5.33. The van der Waals surface area contributed by atoms with Crippen LogP contribution in [-0.2, 0) is 30.3 Å². The van der Waals surface area contributed by atoms with Crippen molar-refractivity contribution in [1.82, 2.24) is 5.32 Å². The summed E-state index contributed by atoms with van der Waals surface area (Å²) in [5.74, 6) is 0.821. The second-order valence-electron chi connectivity index (χ2n) is 7.82. The quantitative estimate of drug-likeness (QED) is 0.276. The van der Waals surface area contributed by atoms with Crippen LogP contribution in [0.25, 0.3) is 0 Å². The Bertz CT molecular complexity index is 964. The number of nitrogens with one attached hydrogen (secondary N) is 2. The molecule has 2 aromatic rings. The lowest BCUT2D eigenvalue weighted by Crippen LogP contribution is -2.26. The van der Waals surface area contributed by atoms with Crippen LogP contribution in [0.4, 0.5) is 5.69 Å². The van der Waals surface area contributed by atoms with E-state index in [9.17, 15) is 14.4 Å². The molecule has 1 atom stereocenters. The van der Waals surface area contributed by atoms with Gasteiger partial charge in [-0.1, -0.05) is 18.2 Å². The molecule has 0 radical (unpaired) electrons. The van der Waals surface area contributed by atoms with Gasteiger partial charge < -0.3 is 29.6 Å². The van der Waals surface area contributed by atoms with E-state index >= 15 is 0 Å². The van der Waals surface area contributed by atoms with Gasteiger partial charge in [0.15, 0.2) is 11.5 Å². The molecule has 0 aliphatic rings. The highest BCUT2D eigenvalue weighted by Gasteiger charge is 2.15. The maximum Gasteiger partial charge on any atom is 0.293 e. The number of aryl methyl sites for hydroxylation is 1. The van der Waals surface area contributed by atoms with Crippen LogP contribution in [0, 0.1) is 0 Å². The first-order chi connectivity index (χ1) is 17.0. The van der Waals surface area contributed by atoms with E-state index in [1.807, 2.05) is 24.3 Å². The zero-order valence-electron chi connectivity index (χ0n) is 20.5. The third-order valence-corrected chi connectivity index (χ3v) is 5.33. The van der Waals surface area contributed by atoms with E-state index in [-0.39, 0.29) is 24.7 Å². The lowest BCUT2D eigenvalue weighted by molar-refractivity contribution is -0.134. The summed E-state index contributed by atoms with van der Waals surface area (Å²) in [5.41, 5.74) is 2.33. The van der Waals surface area contributed by atoms with E-state index in [4.69, 9.17) is 18.9 Å². The average Bonchev–Trinajstić information content (AvgIpc) is 2.87. The van der Waals surface area contributed by atoms with Crippen molar-refractivity contribution in [1.29, 1.82) is 0 Å². The van der Waals surface area contributed by atoms with Crippen LogP contribution in [0.2, 0.25) is 0 Å². The first-order valence-corrected chi connectivity index (χ1v) is 11.5. The average molecular weight is 487 g/mol. The molecule has 190 valence electrons. The van der Waals surface area contributed by atoms with Gasteiger partial charge in [-0.3, -0.25) is 14.4 Å². The van der Waals surface area contributed by atoms with Crippen molar-refractivity contribution in [3.8, 4) is 11.5 Å². The Morgan fingerprint density at radius 1 is 0.971 bits per heavy atom. The van der Waals surface area contributed by atoms with Crippen LogP contribution in [0.1, 0.15) is 42.9 Å². The molecule has 9 nitrogen and oxygen atoms in total. The molecule has 2 aromatic carbocycles. The van der Waals surface area contributed by atoms with Gasteiger partial charge in [0.2, 0.25) is 11.8 Å². The fourth-order valence-electron chi connectivity index (χ4n) is 3.51. The van der Waals surface area contributed by atoms with Gasteiger partial charge in [-0.05, 0) is 54.7 Å². The number of methoxy groups -OCH3 is 3. The van der Waals surface area contributed by atoms with Crippen LogP contribution >= 0.6 is 0 Å². The lowest BCUT2D eigenvalue weighted by atomic mass is 10.0. The van der Waals surface area contributed by atoms with Crippen molar-refractivity contribution in [2.24, 2.45) is 0 Å². The van der Waals surface area contributed by atoms with E-state index in [1.165, 1.54) is 0 Å². The van der Waals surface area contributed by atoms with Gasteiger partial charge in [0.05, 0.1) is 14.2 Å². The van der Waals surface area contributed by atoms with Gasteiger partial charge >= 0.3 is 0 Å². The van der Waals surface area contributed by atoms with E-state index in [0.717, 1.165) is 17.5 Å². The molecule has 0 fully saturated rings. The number of rotatable bonds is 16. The normalized spacial score (nSPS) is 11.3. The summed E-state index contributed by atoms with van der Waals surface area (Å²) in [6.45, 7) is 1.51. The van der Waals surface area contributed by atoms with Crippen LogP contribution in [0.3, 0.4) is 0 Å². The molecule has 35 heavy (non-hydrogen) atoms. The Morgan fingerprint density at radius 3 is 2.46 bits per heavy atom. The molecule has 0 aliphatic carbocycles. The summed E-state index contributed by atoms with van der Waals surface area (Å²) in [5, 5.41) is 5.55. The van der Waals surface area contributed by atoms with Crippen molar-refractivity contribution < 1.29 is 33.3 Å². The summed E-state index contributed by atoms with van der Waals surface area (Å²) in [6.07, 6.45) is 1.56. The predicted octanol–water partition coefficient (Wildman–Crippen LogP) is 3.42. The molecule has 0 heterocycles. The molecule has 2 amide bonds. The molecular weight excluding hydrogens is 452 g/mol. The summed E-state index contributed by atoms with van der Waals surface area (Å²) in [7, 11) is 4.76. The molecule has 0 bridgehead atoms. The zero-order chi connectivity index (χ0) is 25.5. The zero-order valence-corrected chi connectivity index (χ0v) is 20.5. The SMILES string of the molecule is COCCCNC(=O)CCC(=O)Nc1cccc([C@@H](CCc2ccc(OC)c(OC)c2)OC=O)c1. The first-order valence-electron chi connectivity index (χ1n) is 11.5. The monoisotopic (exact) mass is 486 g/mol. The Morgan fingerprint density at radius 2 is 1.74 bits per heavy atom. The summed E-state index contributed by atoms with van der Waals surface area (Å²) in [6, 6.07) is 12.8. The smallest absolute Gasteiger partial charge is 0.293 e. The summed E-state index contributed by atoms with van der Waals surface area (Å²) in [4.78, 5) is 35.3. The fraction of sp³-hybridized carbons (Fsp3) is 0.423. The molecule has 0 spiro atoms. The minimum atomic E-state index is -0.490. The minimum Gasteiger partial charge on any atom is -0.493 e. The van der Waals surface area contributed by atoms with Gasteiger partial charge in [0.1, 0.15) is 6.10 Å². The molecule has 0 saturated heterocycles. The standard InChI is InChI=1S/C26H34N2O7/c1-32-15-5-14-27-25(30)12-13-26(31)28-21-7-4-6-20(17-21)22(35-18-29)10-8-19-9-11-23(33-2)24(16-19)34-3/h4,6-7,9,11,16-18,22H,5,8,10,12-15H2,1-3H3,(H,27,30)(H,28,31)/t22-/m1/s1. The number of benzene rings is 2. The van der Waals surface area contributed by atoms with Gasteiger partial charge in [0, 0.05) is 38.8 Å². The second-order valence-corrected chi connectivity index (χ2v) is 7.82. The van der Waals surface area contributed by atoms with Crippen LogP contribution in [0.15, 0.2) is 42.5 Å². The van der Waals surface area contributed by atoms with E-state index in [0.29, 0.717) is 49.7 Å². The van der Waals surface area contributed by atoms with Gasteiger partial charge in [-0.25, -0.2) is 0 Å². The van der Waals surface area contributed by atoms with Crippen LogP contribution < -0.4 is 20.1 Å². The maximum absolute atomic E-state index is 12.3. The molecular formula is C26H34N2O7. The van der Waals surface area contributed by atoms with Crippen LogP contribution in [0.5, 0.6) is 11.5 Å². The minimum absolute atomic E-state index is 0.0634. The number of ether oxygens (including phenoxy) is 4. The number of hydrogen-bond donors (Lipinski definition) is 2. The van der Waals surface area contributed by atoms with Gasteiger partial charge in [-0.2, -0.15) is 0 Å². The highest BCUT2D eigenvalue weighted by atomic mass is 16.5. The Kier molecular flexibility index (Phi) is 12.1. The van der Waals surface area contributed by atoms with Crippen molar-refractivity contribution in [3.63, 3.8) is 0 Å². The molecule has 0 aliphatic heterocycles. The van der Waals surface area contributed by atoms with Crippen molar-refractivity contribution >= 4 is 24.0 Å². The number of carbonyl (C=O) groups excluding carboxylic acids is 3. The van der Waals surface area contributed by atoms with Gasteiger partial charge in [0.25, 0.3) is 6.47 Å². The largest absolute Gasteiger partial charge is 0.493 e. The molecule has 0 aromatic heterocycles. The van der Waals surface area contributed by atoms with Crippen molar-refractivity contribution in [3.05, 3.63) is 53.6 Å². The maximum atomic E-state index is 12.3. The highest BCUT2D eigenvalue weighted by molar-refractivity contribution is 5.93. The number of hydrogen-bond acceptors (Lipinski definition) is 7. The Hall–Kier alpha value is -3.59. The first kappa shape index (κ1) is 27.7. The molecule has 0 saturated carbocycles. The Labute approximate surface area is 206 Å². The molecule has 2 N–H and O–H groups in total. The molecule has 9 heteroatoms. The number of carbonyl (C=O) groups is 3. The summed E-state index contributed by atoms with van der Waals surface area (Å²) >= 11 is 0. The van der Waals surface area contributed by atoms with Crippen LogP contribution in [-0.4, -0.2) is 52.8 Å². The van der Waals surface area contributed by atoms with E-state index < -0.39 is 6.10 Å². The summed E-state index contributed by atoms with van der Waals surface area (Å²) < 4.78 is 20.9. The van der Waals surface area contributed by atoms with Crippen molar-refractivity contribution in [2.45, 2.75) is 38.2 Å².